The molecule has 1 atom stereocenters. The standard InChI is InChI=1S/C24H31F3N6O4S/c1-36-20-12-16(38(34,35)33-6-4-15(5-7-33)32-8-10-37-11-9-32)2-3-17(20)23(29)13-19(28)21-18(24(25,26)27)14-30-22(21)31-23/h2-3,12-13,15H,4-11,14,28-29H2,1H3,(H,30,31). The molecule has 5 rings (SSSR count). The van der Waals surface area contributed by atoms with E-state index in [1.807, 2.05) is 0 Å². The lowest BCUT2D eigenvalue weighted by atomic mass is 9.91. The number of alkyl halides is 3. The van der Waals surface area contributed by atoms with Crippen molar-refractivity contribution in [2.24, 2.45) is 16.5 Å². The van der Waals surface area contributed by atoms with Crippen LogP contribution in [0.5, 0.6) is 5.75 Å². The number of halogens is 3. The van der Waals surface area contributed by atoms with Gasteiger partial charge in [0.2, 0.25) is 10.0 Å². The molecule has 0 bridgehead atoms. The van der Waals surface area contributed by atoms with Gasteiger partial charge in [-0.15, -0.1) is 0 Å². The minimum Gasteiger partial charge on any atom is -0.496 e. The quantitative estimate of drug-likeness (QED) is 0.489. The highest BCUT2D eigenvalue weighted by Crippen LogP contribution is 2.39. The van der Waals surface area contributed by atoms with Gasteiger partial charge in [-0.2, -0.15) is 17.5 Å². The molecule has 0 amide bonds. The maximum Gasteiger partial charge on any atom is 0.415 e. The first-order chi connectivity index (χ1) is 17.9. The Morgan fingerprint density at radius 1 is 1.18 bits per heavy atom. The van der Waals surface area contributed by atoms with Crippen LogP contribution in [-0.2, 0) is 20.4 Å². The van der Waals surface area contributed by atoms with Crippen molar-refractivity contribution in [3.8, 4) is 5.75 Å². The molecular formula is C24H31F3N6O4S. The highest BCUT2D eigenvalue weighted by Gasteiger charge is 2.45. The van der Waals surface area contributed by atoms with Crippen molar-refractivity contribution >= 4 is 15.9 Å². The fourth-order valence-electron chi connectivity index (χ4n) is 5.51. The number of amidine groups is 1. The van der Waals surface area contributed by atoms with Crippen LogP contribution in [0, 0.1) is 0 Å². The molecule has 1 aromatic rings. The van der Waals surface area contributed by atoms with Crippen molar-refractivity contribution in [3.05, 3.63) is 46.7 Å². The topological polar surface area (TPSA) is 136 Å². The van der Waals surface area contributed by atoms with Crippen LogP contribution >= 0.6 is 0 Å². The molecule has 14 heteroatoms. The molecule has 10 nitrogen and oxygen atoms in total. The van der Waals surface area contributed by atoms with Gasteiger partial charge >= 0.3 is 6.18 Å². The molecule has 1 unspecified atom stereocenters. The number of ether oxygens (including phenoxy) is 2. The first-order valence-corrected chi connectivity index (χ1v) is 13.8. The lowest BCUT2D eigenvalue weighted by Crippen LogP contribution is -2.55. The number of piperidine rings is 1. The Balaban J connectivity index is 1.38. The van der Waals surface area contributed by atoms with E-state index in [-0.39, 0.29) is 27.8 Å². The average molecular weight is 557 g/mol. The lowest BCUT2D eigenvalue weighted by molar-refractivity contribution is -0.0921. The van der Waals surface area contributed by atoms with Crippen molar-refractivity contribution in [2.75, 3.05) is 53.0 Å². The normalized spacial score (nSPS) is 26.0. The van der Waals surface area contributed by atoms with Gasteiger partial charge < -0.3 is 26.3 Å². The van der Waals surface area contributed by atoms with E-state index >= 15 is 0 Å². The summed E-state index contributed by atoms with van der Waals surface area (Å²) in [4.78, 5) is 6.34. The zero-order chi connectivity index (χ0) is 27.3. The molecule has 0 saturated carbocycles. The molecule has 4 aliphatic rings. The van der Waals surface area contributed by atoms with Crippen molar-refractivity contribution in [3.63, 3.8) is 0 Å². The third-order valence-electron chi connectivity index (χ3n) is 7.52. The Morgan fingerprint density at radius 3 is 2.50 bits per heavy atom. The number of fused-ring (bicyclic) bond motifs is 1. The number of hydrogen-bond donors (Lipinski definition) is 3. The molecular weight excluding hydrogens is 525 g/mol. The van der Waals surface area contributed by atoms with Crippen molar-refractivity contribution in [1.29, 1.82) is 0 Å². The van der Waals surface area contributed by atoms with Gasteiger partial charge in [-0.05, 0) is 31.1 Å². The smallest absolute Gasteiger partial charge is 0.415 e. The van der Waals surface area contributed by atoms with Gasteiger partial charge in [-0.3, -0.25) is 9.89 Å². The van der Waals surface area contributed by atoms with Crippen LogP contribution < -0.4 is 21.5 Å². The maximum absolute atomic E-state index is 13.5. The zero-order valence-corrected chi connectivity index (χ0v) is 21.7. The molecule has 1 aromatic carbocycles. The molecule has 0 aromatic heterocycles. The largest absolute Gasteiger partial charge is 0.496 e. The number of rotatable bonds is 5. The molecule has 4 heterocycles. The maximum atomic E-state index is 13.5. The first-order valence-electron chi connectivity index (χ1n) is 12.4. The van der Waals surface area contributed by atoms with Gasteiger partial charge in [0.15, 0.2) is 0 Å². The van der Waals surface area contributed by atoms with E-state index in [0.717, 1.165) is 25.9 Å². The van der Waals surface area contributed by atoms with Crippen LogP contribution in [0.2, 0.25) is 0 Å². The molecule has 0 spiro atoms. The number of morpholine rings is 1. The molecule has 2 fully saturated rings. The van der Waals surface area contributed by atoms with E-state index in [1.54, 1.807) is 0 Å². The molecule has 38 heavy (non-hydrogen) atoms. The van der Waals surface area contributed by atoms with E-state index in [4.69, 9.17) is 20.9 Å². The van der Waals surface area contributed by atoms with Crippen molar-refractivity contribution in [2.45, 2.75) is 35.6 Å². The second-order valence-electron chi connectivity index (χ2n) is 9.76. The number of nitrogens with zero attached hydrogens (tertiary/aromatic N) is 3. The number of aliphatic imine (C=N–C) groups is 1. The van der Waals surface area contributed by atoms with Gasteiger partial charge in [0.25, 0.3) is 0 Å². The molecule has 208 valence electrons. The first kappa shape index (κ1) is 26.9. The van der Waals surface area contributed by atoms with Crippen LogP contribution in [0.3, 0.4) is 0 Å². The molecule has 0 aliphatic carbocycles. The number of benzene rings is 1. The third kappa shape index (κ3) is 4.79. The SMILES string of the molecule is COc1cc(S(=O)(=O)N2CCC(N3CCOCC3)CC2)ccc1C1(N)C=C(N)C2=C(C(F)(F)F)CN=C2N1. The molecule has 2 saturated heterocycles. The Bertz CT molecular complexity index is 1300. The Labute approximate surface area is 219 Å². The van der Waals surface area contributed by atoms with Crippen LogP contribution in [0.15, 0.2) is 51.0 Å². The lowest BCUT2D eigenvalue weighted by Gasteiger charge is -2.39. The van der Waals surface area contributed by atoms with E-state index in [2.05, 4.69) is 15.2 Å². The van der Waals surface area contributed by atoms with E-state index in [9.17, 15) is 21.6 Å². The molecule has 0 radical (unpaired) electrons. The Kier molecular flexibility index (Phi) is 6.97. The predicted molar refractivity (Wildman–Crippen MR) is 134 cm³/mol. The summed E-state index contributed by atoms with van der Waals surface area (Å²) in [5.41, 5.74) is 10.1. The van der Waals surface area contributed by atoms with Crippen LogP contribution in [-0.4, -0.2) is 88.7 Å². The molecule has 5 N–H and O–H groups in total. The van der Waals surface area contributed by atoms with Gasteiger partial charge in [-0.25, -0.2) is 8.42 Å². The van der Waals surface area contributed by atoms with Crippen LogP contribution in [0.1, 0.15) is 18.4 Å². The minimum absolute atomic E-state index is 0.0393. The van der Waals surface area contributed by atoms with Gasteiger partial charge in [0.1, 0.15) is 17.2 Å². The number of nitrogens with one attached hydrogen (secondary N) is 1. The third-order valence-corrected chi connectivity index (χ3v) is 9.41. The summed E-state index contributed by atoms with van der Waals surface area (Å²) in [5, 5.41) is 2.83. The second-order valence-corrected chi connectivity index (χ2v) is 11.7. The Morgan fingerprint density at radius 2 is 1.87 bits per heavy atom. The average Bonchev–Trinajstić information content (AvgIpc) is 3.34. The van der Waals surface area contributed by atoms with E-state index < -0.39 is 34.0 Å². The second kappa shape index (κ2) is 9.83. The summed E-state index contributed by atoms with van der Waals surface area (Å²) in [6, 6.07) is 4.61. The summed E-state index contributed by atoms with van der Waals surface area (Å²) in [6.07, 6.45) is -1.86. The zero-order valence-electron chi connectivity index (χ0n) is 20.9. The minimum atomic E-state index is -4.58. The summed E-state index contributed by atoms with van der Waals surface area (Å²) >= 11 is 0. The summed E-state index contributed by atoms with van der Waals surface area (Å²) in [7, 11) is -2.45. The van der Waals surface area contributed by atoms with Crippen molar-refractivity contribution < 1.29 is 31.1 Å². The van der Waals surface area contributed by atoms with Crippen molar-refractivity contribution in [1.82, 2.24) is 14.5 Å². The van der Waals surface area contributed by atoms with E-state index in [0.29, 0.717) is 37.9 Å². The summed E-state index contributed by atoms with van der Waals surface area (Å²) in [5.74, 6) is 0.0807. The fourth-order valence-corrected chi connectivity index (χ4v) is 7.00. The predicted octanol–water partition coefficient (Wildman–Crippen LogP) is 1.01. The highest BCUT2D eigenvalue weighted by atomic mass is 32.2. The van der Waals surface area contributed by atoms with E-state index in [1.165, 1.54) is 35.7 Å². The van der Waals surface area contributed by atoms with Crippen LogP contribution in [0.4, 0.5) is 13.2 Å². The Hall–Kier alpha value is -2.65. The summed E-state index contributed by atoms with van der Waals surface area (Å²) in [6.45, 7) is 3.31. The number of sulfonamides is 1. The van der Waals surface area contributed by atoms with Gasteiger partial charge in [0.05, 0.1) is 37.3 Å². The summed E-state index contributed by atoms with van der Waals surface area (Å²) < 4.78 is 79.5. The fraction of sp³-hybridized carbons (Fsp3) is 0.542. The van der Waals surface area contributed by atoms with Gasteiger partial charge in [-0.1, -0.05) is 0 Å². The van der Waals surface area contributed by atoms with Crippen LogP contribution in [0.25, 0.3) is 0 Å². The number of hydrogen-bond acceptors (Lipinski definition) is 9. The monoisotopic (exact) mass is 556 g/mol. The highest BCUT2D eigenvalue weighted by molar-refractivity contribution is 7.89. The number of nitrogens with two attached hydrogens (primary N) is 2. The van der Waals surface area contributed by atoms with Gasteiger partial charge in [0, 0.05) is 55.1 Å². The molecule has 4 aliphatic heterocycles. The number of methoxy groups -OCH3 is 1.